The van der Waals surface area contributed by atoms with E-state index in [-0.39, 0.29) is 5.69 Å². The van der Waals surface area contributed by atoms with E-state index >= 15 is 0 Å². The minimum Gasteiger partial charge on any atom is -0.366 e. The van der Waals surface area contributed by atoms with Crippen molar-refractivity contribution in [3.63, 3.8) is 0 Å². The highest BCUT2D eigenvalue weighted by molar-refractivity contribution is 7.07. The van der Waals surface area contributed by atoms with E-state index in [1.54, 1.807) is 18.3 Å². The molecule has 2 aromatic rings. The molecule has 0 radical (unpaired) electrons. The van der Waals surface area contributed by atoms with E-state index in [2.05, 4.69) is 10.3 Å². The summed E-state index contributed by atoms with van der Waals surface area (Å²) in [6.45, 7) is 2.30. The van der Waals surface area contributed by atoms with Gasteiger partial charge in [0.2, 0.25) is 0 Å². The minimum atomic E-state index is -0.396. The van der Waals surface area contributed by atoms with Crippen molar-refractivity contribution in [3.8, 4) is 0 Å². The average molecular weight is 249 g/mol. The van der Waals surface area contributed by atoms with Crippen LogP contribution in [0.3, 0.4) is 0 Å². The summed E-state index contributed by atoms with van der Waals surface area (Å²) in [7, 11) is 0. The van der Waals surface area contributed by atoms with Crippen LogP contribution in [-0.2, 0) is 6.54 Å². The molecule has 0 aliphatic rings. The van der Waals surface area contributed by atoms with E-state index in [0.29, 0.717) is 17.9 Å². The molecule has 2 aromatic heterocycles. The number of nitrogens with one attached hydrogen (secondary N) is 1. The molecule has 0 unspecified atom stereocenters. The lowest BCUT2D eigenvalue weighted by Gasteiger charge is -2.04. The van der Waals surface area contributed by atoms with E-state index in [1.807, 2.05) is 16.8 Å². The summed E-state index contributed by atoms with van der Waals surface area (Å²) in [5.41, 5.74) is 1.80. The van der Waals surface area contributed by atoms with Gasteiger partial charge in [-0.05, 0) is 29.3 Å². The van der Waals surface area contributed by atoms with E-state index in [4.69, 9.17) is 0 Å². The molecule has 17 heavy (non-hydrogen) atoms. The topological polar surface area (TPSA) is 68.1 Å². The van der Waals surface area contributed by atoms with Gasteiger partial charge in [0, 0.05) is 18.3 Å². The van der Waals surface area contributed by atoms with Gasteiger partial charge in [0.05, 0.1) is 11.0 Å². The first-order valence-corrected chi connectivity index (χ1v) is 5.97. The highest BCUT2D eigenvalue weighted by Crippen LogP contribution is 2.20. The molecule has 5 nitrogen and oxygen atoms in total. The lowest BCUT2D eigenvalue weighted by atomic mass is 10.2. The number of anilines is 1. The van der Waals surface area contributed by atoms with Crippen LogP contribution in [0.2, 0.25) is 0 Å². The van der Waals surface area contributed by atoms with Crippen LogP contribution < -0.4 is 5.32 Å². The van der Waals surface area contributed by atoms with Gasteiger partial charge in [0.25, 0.3) is 5.69 Å². The maximum absolute atomic E-state index is 10.8. The van der Waals surface area contributed by atoms with Crippen molar-refractivity contribution < 1.29 is 4.92 Å². The number of hydrogen-bond acceptors (Lipinski definition) is 5. The summed E-state index contributed by atoms with van der Waals surface area (Å²) < 4.78 is 0. The van der Waals surface area contributed by atoms with Crippen molar-refractivity contribution in [3.05, 3.63) is 50.3 Å². The summed E-state index contributed by atoms with van der Waals surface area (Å²) >= 11 is 1.62. The molecular weight excluding hydrogens is 238 g/mol. The van der Waals surface area contributed by atoms with Crippen LogP contribution >= 0.6 is 11.3 Å². The zero-order valence-corrected chi connectivity index (χ0v) is 10.0. The Labute approximate surface area is 102 Å². The van der Waals surface area contributed by atoms with Crippen molar-refractivity contribution in [1.82, 2.24) is 4.98 Å². The third-order valence-corrected chi connectivity index (χ3v) is 3.06. The van der Waals surface area contributed by atoms with Crippen LogP contribution in [-0.4, -0.2) is 9.91 Å². The van der Waals surface area contributed by atoms with Gasteiger partial charge in [0.15, 0.2) is 0 Å². The Hall–Kier alpha value is -1.95. The maximum atomic E-state index is 10.8. The molecule has 88 valence electrons. The van der Waals surface area contributed by atoms with Gasteiger partial charge in [-0.25, -0.2) is 4.98 Å². The Bertz CT molecular complexity index is 526. The second-order valence-corrected chi connectivity index (χ2v) is 4.38. The van der Waals surface area contributed by atoms with Gasteiger partial charge in [-0.2, -0.15) is 11.3 Å². The maximum Gasteiger partial charge on any atom is 0.277 e. The van der Waals surface area contributed by atoms with Crippen molar-refractivity contribution in [2.45, 2.75) is 13.5 Å². The molecule has 2 heterocycles. The highest BCUT2D eigenvalue weighted by atomic mass is 32.1. The molecule has 0 aliphatic heterocycles. The number of nitro groups is 1. The quantitative estimate of drug-likeness (QED) is 0.668. The normalized spacial score (nSPS) is 10.2. The van der Waals surface area contributed by atoms with Gasteiger partial charge in [-0.3, -0.25) is 10.1 Å². The second-order valence-electron chi connectivity index (χ2n) is 3.60. The van der Waals surface area contributed by atoms with Crippen LogP contribution in [0.25, 0.3) is 0 Å². The fourth-order valence-corrected chi connectivity index (χ4v) is 2.06. The third kappa shape index (κ3) is 2.79. The Balaban J connectivity index is 2.11. The largest absolute Gasteiger partial charge is 0.366 e. The van der Waals surface area contributed by atoms with Gasteiger partial charge in [-0.1, -0.05) is 0 Å². The van der Waals surface area contributed by atoms with Gasteiger partial charge in [-0.15, -0.1) is 0 Å². The van der Waals surface area contributed by atoms with Gasteiger partial charge in [0.1, 0.15) is 5.82 Å². The zero-order valence-electron chi connectivity index (χ0n) is 9.21. The highest BCUT2D eigenvalue weighted by Gasteiger charge is 2.11. The molecular formula is C11H11N3O2S. The summed E-state index contributed by atoms with van der Waals surface area (Å²) in [6.07, 6.45) is 1.51. The van der Waals surface area contributed by atoms with Crippen LogP contribution in [0.1, 0.15) is 11.1 Å². The molecule has 0 fully saturated rings. The zero-order chi connectivity index (χ0) is 12.3. The Morgan fingerprint density at radius 3 is 3.06 bits per heavy atom. The Kier molecular flexibility index (Phi) is 3.34. The summed E-state index contributed by atoms with van der Waals surface area (Å²) in [6, 6.07) is 3.46. The van der Waals surface area contributed by atoms with Crippen LogP contribution in [0.4, 0.5) is 11.5 Å². The number of pyridine rings is 1. The lowest BCUT2D eigenvalue weighted by molar-refractivity contribution is -0.385. The second kappa shape index (κ2) is 4.92. The molecule has 0 atom stereocenters. The first-order chi connectivity index (χ1) is 8.16. The average Bonchev–Trinajstić information content (AvgIpc) is 2.80. The van der Waals surface area contributed by atoms with E-state index in [9.17, 15) is 10.1 Å². The summed E-state index contributed by atoms with van der Waals surface area (Å²) in [5, 5.41) is 17.8. The van der Waals surface area contributed by atoms with Crippen molar-refractivity contribution in [1.29, 1.82) is 0 Å². The molecule has 2 rings (SSSR count). The number of rotatable bonds is 4. The third-order valence-electron chi connectivity index (χ3n) is 2.33. The molecule has 0 bridgehead atoms. The molecule has 0 amide bonds. The smallest absolute Gasteiger partial charge is 0.277 e. The first-order valence-electron chi connectivity index (χ1n) is 5.03. The van der Waals surface area contributed by atoms with Gasteiger partial charge >= 0.3 is 0 Å². The molecule has 0 aromatic carbocycles. The Morgan fingerprint density at radius 1 is 1.59 bits per heavy atom. The van der Waals surface area contributed by atoms with Crippen molar-refractivity contribution in [2.24, 2.45) is 0 Å². The number of aromatic nitrogens is 1. The van der Waals surface area contributed by atoms with E-state index in [1.165, 1.54) is 12.3 Å². The lowest BCUT2D eigenvalue weighted by Crippen LogP contribution is -2.02. The minimum absolute atomic E-state index is 0.0906. The fourth-order valence-electron chi connectivity index (χ4n) is 1.39. The fraction of sp³-hybridized carbons (Fsp3) is 0.182. The number of aryl methyl sites for hydroxylation is 1. The van der Waals surface area contributed by atoms with E-state index in [0.717, 1.165) is 5.56 Å². The predicted octanol–water partition coefficient (Wildman–Crippen LogP) is 2.97. The van der Waals surface area contributed by atoms with Crippen LogP contribution in [0.5, 0.6) is 0 Å². The van der Waals surface area contributed by atoms with Crippen molar-refractivity contribution >= 4 is 22.8 Å². The van der Waals surface area contributed by atoms with E-state index < -0.39 is 4.92 Å². The summed E-state index contributed by atoms with van der Waals surface area (Å²) in [4.78, 5) is 14.5. The Morgan fingerprint density at radius 2 is 2.41 bits per heavy atom. The SMILES string of the molecule is Cc1cnc(NCc2ccsc2)cc1[N+](=O)[O-]. The summed E-state index contributed by atoms with van der Waals surface area (Å²) in [5.74, 6) is 0.522. The van der Waals surface area contributed by atoms with Crippen LogP contribution in [0, 0.1) is 17.0 Å². The van der Waals surface area contributed by atoms with Crippen molar-refractivity contribution in [2.75, 3.05) is 5.32 Å². The number of hydrogen-bond donors (Lipinski definition) is 1. The standard InChI is InChI=1S/C11H11N3O2S/c1-8-5-12-11(4-10(8)14(15)16)13-6-9-2-3-17-7-9/h2-5,7H,6H2,1H3,(H,12,13). The van der Waals surface area contributed by atoms with Crippen LogP contribution in [0.15, 0.2) is 29.1 Å². The predicted molar refractivity (Wildman–Crippen MR) is 67.3 cm³/mol. The number of nitrogens with zero attached hydrogens (tertiary/aromatic N) is 2. The number of thiophene rings is 1. The molecule has 6 heteroatoms. The first kappa shape index (κ1) is 11.5. The molecule has 0 aliphatic carbocycles. The molecule has 0 spiro atoms. The molecule has 0 saturated heterocycles. The monoisotopic (exact) mass is 249 g/mol. The van der Waals surface area contributed by atoms with Gasteiger partial charge < -0.3 is 5.32 Å². The molecule has 0 saturated carbocycles. The molecule has 1 N–H and O–H groups in total.